The van der Waals surface area contributed by atoms with Crippen LogP contribution in [0.2, 0.25) is 0 Å². The molecule has 0 amide bonds. The second-order valence-electron chi connectivity index (χ2n) is 4.45. The molecule has 0 aromatic carbocycles. The van der Waals surface area contributed by atoms with E-state index in [2.05, 4.69) is 60.2 Å². The maximum atomic E-state index is 3.40. The zero-order valence-corrected chi connectivity index (χ0v) is 10.1. The zero-order valence-electron chi connectivity index (χ0n) is 10.1. The van der Waals surface area contributed by atoms with Crippen molar-refractivity contribution >= 4 is 5.52 Å². The average Bonchev–Trinajstić information content (AvgIpc) is 2.70. The van der Waals surface area contributed by atoms with E-state index in [4.69, 9.17) is 0 Å². The summed E-state index contributed by atoms with van der Waals surface area (Å²) in [6, 6.07) is 8.60. The van der Waals surface area contributed by atoms with Gasteiger partial charge < -0.3 is 9.72 Å². The number of nitrogens with zero attached hydrogens (tertiary/aromatic N) is 1. The van der Waals surface area contributed by atoms with E-state index in [1.165, 1.54) is 11.1 Å². The second kappa shape index (κ2) is 5.17. The molecule has 0 saturated carbocycles. The largest absolute Gasteiger partial charge is 0.324 e. The molecule has 0 aliphatic rings. The Labute approximate surface area is 97.3 Å². The molecule has 16 heavy (non-hydrogen) atoms. The van der Waals surface area contributed by atoms with Crippen LogP contribution in [0.3, 0.4) is 0 Å². The first kappa shape index (κ1) is 11.2. The molecule has 1 unspecified atom stereocenters. The standard InChI is InChI=1S/C14H20N2/c1-3-15-11-12(2)10-13-7-9-16-8-5-4-6-14(13)16/h4-9,12,15H,3,10-11H2,1-2H3. The Bertz CT molecular complexity index is 445. The summed E-state index contributed by atoms with van der Waals surface area (Å²) in [6.45, 7) is 6.61. The molecular weight excluding hydrogens is 196 g/mol. The molecule has 0 saturated heterocycles. The smallest absolute Gasteiger partial charge is 0.0481 e. The Hall–Kier alpha value is -1.28. The fourth-order valence-corrected chi connectivity index (χ4v) is 2.12. The lowest BCUT2D eigenvalue weighted by Crippen LogP contribution is -2.21. The minimum absolute atomic E-state index is 0.686. The van der Waals surface area contributed by atoms with Crippen LogP contribution < -0.4 is 5.32 Å². The third-order valence-corrected chi connectivity index (χ3v) is 2.97. The van der Waals surface area contributed by atoms with Gasteiger partial charge >= 0.3 is 0 Å². The van der Waals surface area contributed by atoms with Gasteiger partial charge in [0.25, 0.3) is 0 Å². The van der Waals surface area contributed by atoms with Gasteiger partial charge in [-0.05, 0) is 49.2 Å². The van der Waals surface area contributed by atoms with Gasteiger partial charge in [0, 0.05) is 17.9 Å². The summed E-state index contributed by atoms with van der Waals surface area (Å²) in [5.41, 5.74) is 2.79. The molecular formula is C14H20N2. The van der Waals surface area contributed by atoms with E-state index in [1.54, 1.807) is 0 Å². The lowest BCUT2D eigenvalue weighted by atomic mass is 10.0. The number of pyridine rings is 1. The Kier molecular flexibility index (Phi) is 3.62. The van der Waals surface area contributed by atoms with Gasteiger partial charge in [0.1, 0.15) is 0 Å². The van der Waals surface area contributed by atoms with Gasteiger partial charge in [0.2, 0.25) is 0 Å². The number of fused-ring (bicyclic) bond motifs is 1. The van der Waals surface area contributed by atoms with E-state index in [1.807, 2.05) is 0 Å². The molecule has 0 bridgehead atoms. The predicted molar refractivity (Wildman–Crippen MR) is 68.8 cm³/mol. The van der Waals surface area contributed by atoms with Crippen molar-refractivity contribution in [2.45, 2.75) is 20.3 Å². The molecule has 2 aromatic rings. The summed E-state index contributed by atoms with van der Waals surface area (Å²) in [7, 11) is 0. The number of hydrogen-bond donors (Lipinski definition) is 1. The Morgan fingerprint density at radius 1 is 1.25 bits per heavy atom. The summed E-state index contributed by atoms with van der Waals surface area (Å²) in [6.07, 6.45) is 5.39. The van der Waals surface area contributed by atoms with E-state index in [0.29, 0.717) is 5.92 Å². The first-order chi connectivity index (χ1) is 7.81. The van der Waals surface area contributed by atoms with E-state index in [0.717, 1.165) is 19.5 Å². The number of nitrogens with one attached hydrogen (secondary N) is 1. The molecule has 1 atom stereocenters. The fraction of sp³-hybridized carbons (Fsp3) is 0.429. The minimum Gasteiger partial charge on any atom is -0.324 e. The highest BCUT2D eigenvalue weighted by atomic mass is 14.9. The van der Waals surface area contributed by atoms with Crippen LogP contribution in [0.4, 0.5) is 0 Å². The Morgan fingerprint density at radius 2 is 2.12 bits per heavy atom. The molecule has 2 heterocycles. The summed E-state index contributed by atoms with van der Waals surface area (Å²) in [5, 5.41) is 3.40. The van der Waals surface area contributed by atoms with Crippen LogP contribution >= 0.6 is 0 Å². The van der Waals surface area contributed by atoms with Crippen LogP contribution in [0, 0.1) is 5.92 Å². The van der Waals surface area contributed by atoms with Crippen molar-refractivity contribution in [2.75, 3.05) is 13.1 Å². The van der Waals surface area contributed by atoms with Crippen molar-refractivity contribution in [3.05, 3.63) is 42.2 Å². The average molecular weight is 216 g/mol. The van der Waals surface area contributed by atoms with Crippen molar-refractivity contribution in [3.8, 4) is 0 Å². The molecule has 0 aliphatic carbocycles. The first-order valence-electron chi connectivity index (χ1n) is 6.06. The molecule has 0 aliphatic heterocycles. The maximum absolute atomic E-state index is 3.40. The van der Waals surface area contributed by atoms with E-state index in [-0.39, 0.29) is 0 Å². The lowest BCUT2D eigenvalue weighted by molar-refractivity contribution is 0.523. The predicted octanol–water partition coefficient (Wildman–Crippen LogP) is 2.73. The van der Waals surface area contributed by atoms with Crippen LogP contribution in [-0.2, 0) is 6.42 Å². The number of aromatic nitrogens is 1. The van der Waals surface area contributed by atoms with Gasteiger partial charge in [0.05, 0.1) is 0 Å². The highest BCUT2D eigenvalue weighted by Gasteiger charge is 2.06. The highest BCUT2D eigenvalue weighted by molar-refractivity contribution is 5.55. The third kappa shape index (κ3) is 2.45. The van der Waals surface area contributed by atoms with Crippen LogP contribution in [0.15, 0.2) is 36.7 Å². The molecule has 2 aromatic heterocycles. The summed E-state index contributed by atoms with van der Waals surface area (Å²) in [5.74, 6) is 0.686. The SMILES string of the molecule is CCNCC(C)Cc1ccn2ccccc12. The van der Waals surface area contributed by atoms with Crippen LogP contribution in [0.25, 0.3) is 5.52 Å². The highest BCUT2D eigenvalue weighted by Crippen LogP contribution is 2.16. The topological polar surface area (TPSA) is 16.4 Å². The van der Waals surface area contributed by atoms with Gasteiger partial charge in [-0.15, -0.1) is 0 Å². The van der Waals surface area contributed by atoms with Gasteiger partial charge in [0.15, 0.2) is 0 Å². The molecule has 86 valence electrons. The van der Waals surface area contributed by atoms with Crippen LogP contribution in [0.1, 0.15) is 19.4 Å². The summed E-state index contributed by atoms with van der Waals surface area (Å²) in [4.78, 5) is 0. The van der Waals surface area contributed by atoms with Crippen molar-refractivity contribution in [2.24, 2.45) is 5.92 Å². The molecule has 0 radical (unpaired) electrons. The van der Waals surface area contributed by atoms with Crippen molar-refractivity contribution in [1.82, 2.24) is 9.72 Å². The van der Waals surface area contributed by atoms with E-state index >= 15 is 0 Å². The normalized spacial score (nSPS) is 13.1. The molecule has 0 spiro atoms. The fourth-order valence-electron chi connectivity index (χ4n) is 2.12. The maximum Gasteiger partial charge on any atom is 0.0481 e. The molecule has 2 nitrogen and oxygen atoms in total. The monoisotopic (exact) mass is 216 g/mol. The van der Waals surface area contributed by atoms with Crippen molar-refractivity contribution in [1.29, 1.82) is 0 Å². The molecule has 1 N–H and O–H groups in total. The third-order valence-electron chi connectivity index (χ3n) is 2.97. The minimum atomic E-state index is 0.686. The van der Waals surface area contributed by atoms with Crippen LogP contribution in [-0.4, -0.2) is 17.5 Å². The van der Waals surface area contributed by atoms with E-state index in [9.17, 15) is 0 Å². The molecule has 2 heteroatoms. The number of rotatable bonds is 5. The van der Waals surface area contributed by atoms with Gasteiger partial charge in [-0.1, -0.05) is 19.9 Å². The van der Waals surface area contributed by atoms with Crippen molar-refractivity contribution < 1.29 is 0 Å². The van der Waals surface area contributed by atoms with Crippen molar-refractivity contribution in [3.63, 3.8) is 0 Å². The second-order valence-corrected chi connectivity index (χ2v) is 4.45. The van der Waals surface area contributed by atoms with Gasteiger partial charge in [-0.3, -0.25) is 0 Å². The summed E-state index contributed by atoms with van der Waals surface area (Å²) >= 11 is 0. The van der Waals surface area contributed by atoms with Crippen LogP contribution in [0.5, 0.6) is 0 Å². The Morgan fingerprint density at radius 3 is 2.94 bits per heavy atom. The van der Waals surface area contributed by atoms with Gasteiger partial charge in [-0.25, -0.2) is 0 Å². The Balaban J connectivity index is 2.09. The summed E-state index contributed by atoms with van der Waals surface area (Å²) < 4.78 is 2.19. The molecule has 0 fully saturated rings. The quantitative estimate of drug-likeness (QED) is 0.813. The molecule has 2 rings (SSSR count). The van der Waals surface area contributed by atoms with E-state index < -0.39 is 0 Å². The van der Waals surface area contributed by atoms with Gasteiger partial charge in [-0.2, -0.15) is 0 Å². The number of hydrogen-bond acceptors (Lipinski definition) is 1. The first-order valence-corrected chi connectivity index (χ1v) is 6.06. The lowest BCUT2D eigenvalue weighted by Gasteiger charge is -2.11. The zero-order chi connectivity index (χ0) is 11.4.